The van der Waals surface area contributed by atoms with E-state index in [1.165, 1.54) is 0 Å². The summed E-state index contributed by atoms with van der Waals surface area (Å²) in [5, 5.41) is 0. The van der Waals surface area contributed by atoms with Gasteiger partial charge in [-0.1, -0.05) is 34.6 Å². The van der Waals surface area contributed by atoms with Gasteiger partial charge in [0.1, 0.15) is 0 Å². The van der Waals surface area contributed by atoms with Crippen LogP contribution in [0, 0.1) is 21.7 Å². The predicted molar refractivity (Wildman–Crippen MR) is 91.2 cm³/mol. The molecule has 4 heteroatoms. The molecule has 4 rings (SSSR count). The van der Waals surface area contributed by atoms with Gasteiger partial charge in [0.2, 0.25) is 0 Å². The number of hydrogen-bond acceptors (Lipinski definition) is 3. The molecule has 2 aliphatic heterocycles. The highest BCUT2D eigenvalue weighted by atomic mass is 16.6. The third kappa shape index (κ3) is 1.70. The van der Waals surface area contributed by atoms with Crippen molar-refractivity contribution in [1.82, 2.24) is 4.90 Å². The van der Waals surface area contributed by atoms with Crippen LogP contribution in [0.2, 0.25) is 0 Å². The molecule has 4 fully saturated rings. The second-order valence-electron chi connectivity index (χ2n) is 10.8. The number of carbonyl (C=O) groups excluding carboxylic acids is 2. The summed E-state index contributed by atoms with van der Waals surface area (Å²) < 4.78 is 5.84. The average molecular weight is 333 g/mol. The Balaban J connectivity index is 1.70. The molecule has 2 aliphatic carbocycles. The summed E-state index contributed by atoms with van der Waals surface area (Å²) in [6, 6.07) is 0.294. The molecule has 4 bridgehead atoms. The molecular weight excluding hydrogens is 302 g/mol. The Labute approximate surface area is 145 Å². The van der Waals surface area contributed by atoms with Crippen molar-refractivity contribution in [3.05, 3.63) is 0 Å². The van der Waals surface area contributed by atoms with Gasteiger partial charge >= 0.3 is 5.97 Å². The SMILES string of the molecule is CC1(C)C[C@@H]2C[C@@](C)(CN2C(=O)[C@@]23CC[C@@](C)(C(=O)O2)C3(C)C)C1. The van der Waals surface area contributed by atoms with Crippen molar-refractivity contribution in [3.8, 4) is 0 Å². The zero-order valence-electron chi connectivity index (χ0n) is 16.0. The molecule has 0 spiro atoms. The fourth-order valence-electron chi connectivity index (χ4n) is 6.65. The molecular formula is C20H31NO3. The molecule has 2 heterocycles. The lowest BCUT2D eigenvalue weighted by Crippen LogP contribution is -2.56. The first kappa shape index (κ1) is 16.4. The first-order chi connectivity index (χ1) is 10.9. The number of nitrogens with zero attached hydrogens (tertiary/aromatic N) is 1. The van der Waals surface area contributed by atoms with Crippen LogP contribution in [0.4, 0.5) is 0 Å². The average Bonchev–Trinajstić information content (AvgIpc) is 2.86. The molecule has 0 radical (unpaired) electrons. The van der Waals surface area contributed by atoms with Gasteiger partial charge in [-0.25, -0.2) is 0 Å². The van der Waals surface area contributed by atoms with Gasteiger partial charge in [-0.05, 0) is 49.9 Å². The maximum Gasteiger partial charge on any atom is 0.313 e. The van der Waals surface area contributed by atoms with Crippen LogP contribution in [0.5, 0.6) is 0 Å². The highest BCUT2D eigenvalue weighted by Crippen LogP contribution is 2.66. The normalized spacial score (nSPS) is 47.8. The first-order valence-electron chi connectivity index (χ1n) is 9.41. The molecule has 4 aliphatic rings. The van der Waals surface area contributed by atoms with Crippen LogP contribution in [-0.4, -0.2) is 35.0 Å². The Morgan fingerprint density at radius 3 is 2.29 bits per heavy atom. The summed E-state index contributed by atoms with van der Waals surface area (Å²) >= 11 is 0. The summed E-state index contributed by atoms with van der Waals surface area (Å²) in [6.45, 7) is 13.8. The van der Waals surface area contributed by atoms with E-state index < -0.39 is 16.4 Å². The number of amides is 1. The smallest absolute Gasteiger partial charge is 0.313 e. The number of rotatable bonds is 1. The summed E-state index contributed by atoms with van der Waals surface area (Å²) in [5.74, 6) is -0.102. The Hall–Kier alpha value is -1.06. The zero-order valence-corrected chi connectivity index (χ0v) is 16.0. The number of hydrogen-bond donors (Lipinski definition) is 0. The second-order valence-corrected chi connectivity index (χ2v) is 10.8. The third-order valence-electron chi connectivity index (χ3n) is 8.10. The van der Waals surface area contributed by atoms with Crippen molar-refractivity contribution < 1.29 is 14.3 Å². The zero-order chi connectivity index (χ0) is 17.8. The predicted octanol–water partition coefficient (Wildman–Crippen LogP) is 3.54. The van der Waals surface area contributed by atoms with Crippen LogP contribution in [0.15, 0.2) is 0 Å². The number of carbonyl (C=O) groups is 2. The van der Waals surface area contributed by atoms with E-state index in [-0.39, 0.29) is 22.7 Å². The quantitative estimate of drug-likeness (QED) is 0.690. The molecule has 0 unspecified atom stereocenters. The van der Waals surface area contributed by atoms with Gasteiger partial charge in [0.05, 0.1) is 5.41 Å². The van der Waals surface area contributed by atoms with Gasteiger partial charge in [-0.3, -0.25) is 9.59 Å². The molecule has 0 aromatic carbocycles. The van der Waals surface area contributed by atoms with Crippen LogP contribution < -0.4 is 0 Å². The minimum Gasteiger partial charge on any atom is -0.448 e. The lowest BCUT2D eigenvalue weighted by molar-refractivity contribution is -0.174. The minimum atomic E-state index is -0.948. The molecule has 4 nitrogen and oxygen atoms in total. The molecule has 2 saturated heterocycles. The van der Waals surface area contributed by atoms with Crippen LogP contribution in [0.3, 0.4) is 0 Å². The van der Waals surface area contributed by atoms with Gasteiger partial charge in [0.15, 0.2) is 5.60 Å². The van der Waals surface area contributed by atoms with Crippen molar-refractivity contribution >= 4 is 11.9 Å². The Bertz CT molecular complexity index is 639. The molecule has 1 amide bonds. The number of ether oxygens (including phenoxy) is 1. The van der Waals surface area contributed by atoms with E-state index in [1.807, 2.05) is 6.92 Å². The van der Waals surface area contributed by atoms with Crippen molar-refractivity contribution in [1.29, 1.82) is 0 Å². The van der Waals surface area contributed by atoms with Gasteiger partial charge in [-0.2, -0.15) is 0 Å². The van der Waals surface area contributed by atoms with Crippen molar-refractivity contribution in [3.63, 3.8) is 0 Å². The maximum atomic E-state index is 13.7. The van der Waals surface area contributed by atoms with Crippen LogP contribution in [0.25, 0.3) is 0 Å². The second kappa shape index (κ2) is 4.19. The van der Waals surface area contributed by atoms with E-state index in [0.29, 0.717) is 12.5 Å². The highest BCUT2D eigenvalue weighted by Gasteiger charge is 2.76. The summed E-state index contributed by atoms with van der Waals surface area (Å²) in [4.78, 5) is 28.3. The van der Waals surface area contributed by atoms with Crippen molar-refractivity contribution in [2.45, 2.75) is 85.3 Å². The largest absolute Gasteiger partial charge is 0.448 e. The van der Waals surface area contributed by atoms with Crippen LogP contribution in [0.1, 0.15) is 73.6 Å². The van der Waals surface area contributed by atoms with Crippen LogP contribution in [-0.2, 0) is 14.3 Å². The van der Waals surface area contributed by atoms with E-state index in [0.717, 1.165) is 32.2 Å². The molecule has 0 aromatic heterocycles. The number of fused-ring (bicyclic) bond motifs is 4. The van der Waals surface area contributed by atoms with E-state index in [4.69, 9.17) is 4.74 Å². The topological polar surface area (TPSA) is 46.6 Å². The van der Waals surface area contributed by atoms with Gasteiger partial charge in [0, 0.05) is 18.0 Å². The Morgan fingerprint density at radius 2 is 1.75 bits per heavy atom. The molecule has 4 atom stereocenters. The number of esters is 1. The molecule has 2 saturated carbocycles. The van der Waals surface area contributed by atoms with Crippen molar-refractivity contribution in [2.75, 3.05) is 6.54 Å². The van der Waals surface area contributed by atoms with E-state index in [2.05, 4.69) is 39.5 Å². The van der Waals surface area contributed by atoms with Crippen LogP contribution >= 0.6 is 0 Å². The summed E-state index contributed by atoms with van der Waals surface area (Å²) in [7, 11) is 0. The van der Waals surface area contributed by atoms with E-state index in [9.17, 15) is 9.59 Å². The van der Waals surface area contributed by atoms with Gasteiger partial charge in [-0.15, -0.1) is 0 Å². The monoisotopic (exact) mass is 333 g/mol. The Kier molecular flexibility index (Phi) is 2.86. The minimum absolute atomic E-state index is 0.0773. The highest BCUT2D eigenvalue weighted by molar-refractivity contribution is 5.96. The fourth-order valence-corrected chi connectivity index (χ4v) is 6.65. The van der Waals surface area contributed by atoms with Gasteiger partial charge in [0.25, 0.3) is 5.91 Å². The first-order valence-corrected chi connectivity index (χ1v) is 9.41. The van der Waals surface area contributed by atoms with E-state index in [1.54, 1.807) is 0 Å². The Morgan fingerprint density at radius 1 is 1.08 bits per heavy atom. The lowest BCUT2D eigenvalue weighted by atomic mass is 9.65. The summed E-state index contributed by atoms with van der Waals surface area (Å²) in [6.07, 6.45) is 4.73. The molecule has 0 N–H and O–H groups in total. The van der Waals surface area contributed by atoms with Gasteiger partial charge < -0.3 is 9.64 Å². The molecule has 134 valence electrons. The van der Waals surface area contributed by atoms with Crippen molar-refractivity contribution in [2.24, 2.45) is 21.7 Å². The lowest BCUT2D eigenvalue weighted by Gasteiger charge is -2.41. The summed E-state index contributed by atoms with van der Waals surface area (Å²) in [5.41, 5.74) is -1.44. The molecule has 0 aromatic rings. The number of likely N-dealkylation sites (tertiary alicyclic amines) is 1. The fraction of sp³-hybridized carbons (Fsp3) is 0.900. The maximum absolute atomic E-state index is 13.7. The molecule has 24 heavy (non-hydrogen) atoms. The third-order valence-corrected chi connectivity index (χ3v) is 8.10. The van der Waals surface area contributed by atoms with E-state index >= 15 is 0 Å². The standard InChI is InChI=1S/C20H31NO3/c1-16(2)9-13-10-18(5,11-16)12-21(13)14(22)20-8-7-19(6,15(23)24-20)17(20,3)4/h13H,7-12H2,1-6H3/t13-,18-,19+,20-/m1/s1.